The third-order valence-corrected chi connectivity index (χ3v) is 4.37. The SMILES string of the molecule is CC(C)[C@](C)(C#N)NC(=O)[C@H](C)Sc1nccn1C. The van der Waals surface area contributed by atoms with Gasteiger partial charge in [-0.3, -0.25) is 4.79 Å². The Morgan fingerprint density at radius 2 is 2.21 bits per heavy atom. The minimum absolute atomic E-state index is 0.0480. The van der Waals surface area contributed by atoms with E-state index in [9.17, 15) is 10.1 Å². The molecule has 6 heteroatoms. The summed E-state index contributed by atoms with van der Waals surface area (Å²) < 4.78 is 1.86. The molecular weight excluding hydrogens is 260 g/mol. The minimum Gasteiger partial charge on any atom is -0.337 e. The summed E-state index contributed by atoms with van der Waals surface area (Å²) >= 11 is 1.38. The highest BCUT2D eigenvalue weighted by atomic mass is 32.2. The number of carbonyl (C=O) groups excluding carboxylic acids is 1. The van der Waals surface area contributed by atoms with E-state index in [4.69, 9.17) is 0 Å². The molecule has 2 atom stereocenters. The first-order chi connectivity index (χ1) is 8.80. The number of thioether (sulfide) groups is 1. The van der Waals surface area contributed by atoms with Gasteiger partial charge in [0.15, 0.2) is 5.16 Å². The second-order valence-corrected chi connectivity index (χ2v) is 6.35. The van der Waals surface area contributed by atoms with Crippen LogP contribution in [0, 0.1) is 17.2 Å². The molecule has 0 saturated carbocycles. The van der Waals surface area contributed by atoms with Gasteiger partial charge in [0.1, 0.15) is 5.54 Å². The quantitative estimate of drug-likeness (QED) is 0.837. The summed E-state index contributed by atoms with van der Waals surface area (Å²) in [6.45, 7) is 7.39. The first kappa shape index (κ1) is 15.6. The van der Waals surface area contributed by atoms with Crippen LogP contribution in [0.25, 0.3) is 0 Å². The lowest BCUT2D eigenvalue weighted by Gasteiger charge is -2.28. The van der Waals surface area contributed by atoms with Gasteiger partial charge in [-0.2, -0.15) is 5.26 Å². The Balaban J connectivity index is 2.69. The average Bonchev–Trinajstić information content (AvgIpc) is 2.74. The van der Waals surface area contributed by atoms with Crippen LogP contribution in [-0.4, -0.2) is 26.2 Å². The molecule has 0 bridgehead atoms. The molecule has 104 valence electrons. The zero-order valence-electron chi connectivity index (χ0n) is 12.0. The number of nitrogens with one attached hydrogen (secondary N) is 1. The number of rotatable bonds is 5. The maximum atomic E-state index is 12.1. The Hall–Kier alpha value is -1.48. The summed E-state index contributed by atoms with van der Waals surface area (Å²) in [5.74, 6) is -0.0995. The lowest BCUT2D eigenvalue weighted by Crippen LogP contribution is -2.51. The molecule has 19 heavy (non-hydrogen) atoms. The molecule has 1 aromatic rings. The number of aryl methyl sites for hydroxylation is 1. The van der Waals surface area contributed by atoms with Gasteiger partial charge < -0.3 is 9.88 Å². The van der Waals surface area contributed by atoms with Crippen molar-refractivity contribution in [2.75, 3.05) is 0 Å². The van der Waals surface area contributed by atoms with Crippen molar-refractivity contribution in [2.45, 2.75) is 43.6 Å². The van der Waals surface area contributed by atoms with E-state index in [1.165, 1.54) is 11.8 Å². The molecule has 1 rings (SSSR count). The number of amides is 1. The van der Waals surface area contributed by atoms with E-state index in [1.807, 2.05) is 38.6 Å². The van der Waals surface area contributed by atoms with E-state index in [-0.39, 0.29) is 17.1 Å². The number of hydrogen-bond donors (Lipinski definition) is 1. The Morgan fingerprint density at radius 3 is 2.63 bits per heavy atom. The number of carbonyl (C=O) groups is 1. The van der Waals surface area contributed by atoms with Gasteiger partial charge in [-0.25, -0.2) is 4.98 Å². The van der Waals surface area contributed by atoms with Gasteiger partial charge in [0, 0.05) is 19.4 Å². The second kappa shape index (κ2) is 6.11. The third-order valence-electron chi connectivity index (χ3n) is 3.20. The summed E-state index contributed by atoms with van der Waals surface area (Å²) in [5, 5.41) is 12.5. The second-order valence-electron chi connectivity index (χ2n) is 5.04. The summed E-state index contributed by atoms with van der Waals surface area (Å²) in [5.41, 5.74) is -0.840. The number of aromatic nitrogens is 2. The van der Waals surface area contributed by atoms with Crippen LogP contribution in [0.3, 0.4) is 0 Å². The van der Waals surface area contributed by atoms with Crippen molar-refractivity contribution in [1.82, 2.24) is 14.9 Å². The highest BCUT2D eigenvalue weighted by Crippen LogP contribution is 2.22. The number of imidazole rings is 1. The predicted molar refractivity (Wildman–Crippen MR) is 75.5 cm³/mol. The van der Waals surface area contributed by atoms with Gasteiger partial charge >= 0.3 is 0 Å². The fourth-order valence-electron chi connectivity index (χ4n) is 1.34. The van der Waals surface area contributed by atoms with Crippen LogP contribution in [0.1, 0.15) is 27.7 Å². The van der Waals surface area contributed by atoms with Gasteiger partial charge in [-0.1, -0.05) is 25.6 Å². The maximum absolute atomic E-state index is 12.1. The molecule has 5 nitrogen and oxygen atoms in total. The van der Waals surface area contributed by atoms with Crippen LogP contribution in [-0.2, 0) is 11.8 Å². The molecule has 0 aromatic carbocycles. The van der Waals surface area contributed by atoms with E-state index in [1.54, 1.807) is 13.1 Å². The highest BCUT2D eigenvalue weighted by molar-refractivity contribution is 8.00. The van der Waals surface area contributed by atoms with Crippen molar-refractivity contribution >= 4 is 17.7 Å². The minimum atomic E-state index is -0.840. The fourth-order valence-corrected chi connectivity index (χ4v) is 2.17. The first-order valence-electron chi connectivity index (χ1n) is 6.17. The molecule has 0 aliphatic carbocycles. The topological polar surface area (TPSA) is 70.7 Å². The molecule has 1 amide bonds. The third kappa shape index (κ3) is 3.74. The monoisotopic (exact) mass is 280 g/mol. The van der Waals surface area contributed by atoms with Crippen molar-refractivity contribution in [3.05, 3.63) is 12.4 Å². The van der Waals surface area contributed by atoms with E-state index in [0.717, 1.165) is 5.16 Å². The molecule has 0 saturated heterocycles. The van der Waals surface area contributed by atoms with Crippen LogP contribution in [0.2, 0.25) is 0 Å². The van der Waals surface area contributed by atoms with Crippen molar-refractivity contribution in [1.29, 1.82) is 5.26 Å². The molecule has 0 radical (unpaired) electrons. The molecule has 0 aliphatic heterocycles. The van der Waals surface area contributed by atoms with Crippen LogP contribution < -0.4 is 5.32 Å². The van der Waals surface area contributed by atoms with Gasteiger partial charge in [0.2, 0.25) is 5.91 Å². The largest absolute Gasteiger partial charge is 0.337 e. The Bertz CT molecular complexity index is 491. The molecule has 1 N–H and O–H groups in total. The lowest BCUT2D eigenvalue weighted by molar-refractivity contribution is -0.121. The van der Waals surface area contributed by atoms with Crippen LogP contribution in [0.5, 0.6) is 0 Å². The number of nitriles is 1. The van der Waals surface area contributed by atoms with Crippen molar-refractivity contribution in [2.24, 2.45) is 13.0 Å². The summed E-state index contributed by atoms with van der Waals surface area (Å²) in [6, 6.07) is 2.17. The normalized spacial score (nSPS) is 15.6. The van der Waals surface area contributed by atoms with Gasteiger partial charge in [-0.15, -0.1) is 0 Å². The van der Waals surface area contributed by atoms with E-state index in [0.29, 0.717) is 0 Å². The first-order valence-corrected chi connectivity index (χ1v) is 7.05. The Kier molecular flexibility index (Phi) is 5.01. The van der Waals surface area contributed by atoms with Crippen molar-refractivity contribution in [3.63, 3.8) is 0 Å². The Morgan fingerprint density at radius 1 is 1.58 bits per heavy atom. The van der Waals surface area contributed by atoms with E-state index >= 15 is 0 Å². The zero-order chi connectivity index (χ0) is 14.6. The smallest absolute Gasteiger partial charge is 0.234 e. The van der Waals surface area contributed by atoms with Gasteiger partial charge in [0.25, 0.3) is 0 Å². The maximum Gasteiger partial charge on any atom is 0.234 e. The molecule has 0 unspecified atom stereocenters. The highest BCUT2D eigenvalue weighted by Gasteiger charge is 2.32. The molecule has 0 spiro atoms. The summed E-state index contributed by atoms with van der Waals surface area (Å²) in [6.07, 6.45) is 3.53. The summed E-state index contributed by atoms with van der Waals surface area (Å²) in [4.78, 5) is 16.3. The van der Waals surface area contributed by atoms with Gasteiger partial charge in [-0.05, 0) is 19.8 Å². The summed E-state index contributed by atoms with van der Waals surface area (Å²) in [7, 11) is 1.88. The van der Waals surface area contributed by atoms with E-state index < -0.39 is 5.54 Å². The number of hydrogen-bond acceptors (Lipinski definition) is 4. The van der Waals surface area contributed by atoms with Crippen LogP contribution >= 0.6 is 11.8 Å². The number of nitrogens with zero attached hydrogens (tertiary/aromatic N) is 3. The van der Waals surface area contributed by atoms with E-state index in [2.05, 4.69) is 16.4 Å². The molecule has 0 aliphatic rings. The predicted octanol–water partition coefficient (Wildman–Crippen LogP) is 1.96. The molecular formula is C13H20N4OS. The van der Waals surface area contributed by atoms with Crippen molar-refractivity contribution in [3.8, 4) is 6.07 Å². The molecule has 1 aromatic heterocycles. The molecule has 0 fully saturated rings. The zero-order valence-corrected chi connectivity index (χ0v) is 12.8. The van der Waals surface area contributed by atoms with Crippen LogP contribution in [0.4, 0.5) is 0 Å². The van der Waals surface area contributed by atoms with Gasteiger partial charge in [0.05, 0.1) is 11.3 Å². The Labute approximate surface area is 118 Å². The fraction of sp³-hybridized carbons (Fsp3) is 0.615. The van der Waals surface area contributed by atoms with Crippen LogP contribution in [0.15, 0.2) is 17.6 Å². The lowest BCUT2D eigenvalue weighted by atomic mass is 9.90. The standard InChI is InChI=1S/C13H20N4OS/c1-9(2)13(4,8-14)16-11(18)10(3)19-12-15-6-7-17(12)5/h6-7,9-10H,1-5H3,(H,16,18)/t10-,13-/m0/s1. The average molecular weight is 280 g/mol. The molecule has 1 heterocycles. The van der Waals surface area contributed by atoms with Crippen molar-refractivity contribution < 1.29 is 4.79 Å².